The Morgan fingerprint density at radius 1 is 1.22 bits per heavy atom. The molecule has 1 saturated heterocycles. The van der Waals surface area contributed by atoms with Gasteiger partial charge in [0, 0.05) is 17.5 Å². The van der Waals surface area contributed by atoms with E-state index >= 15 is 0 Å². The Hall–Kier alpha value is -2.75. The zero-order valence-corrected chi connectivity index (χ0v) is 16.0. The standard InChI is InChI=1S/C23H24N2O2/c1-15-12-17-13-16(8-9-20(17)27-15)10-11-23-22(2,3)18-6-4-5-7-19(18)25(23)14-21(26)24-23/h4-11,13,15H,12,14H2,1-3H3,(H,24,26)/b11-10+. The number of hydrogen-bond acceptors (Lipinski definition) is 3. The minimum absolute atomic E-state index is 0.0680. The highest BCUT2D eigenvalue weighted by atomic mass is 16.5. The number of amides is 1. The molecule has 0 spiro atoms. The maximum Gasteiger partial charge on any atom is 0.241 e. The van der Waals surface area contributed by atoms with Gasteiger partial charge in [-0.2, -0.15) is 0 Å². The van der Waals surface area contributed by atoms with Crippen molar-refractivity contribution in [2.24, 2.45) is 0 Å². The van der Waals surface area contributed by atoms with Crippen LogP contribution in [0.3, 0.4) is 0 Å². The van der Waals surface area contributed by atoms with Crippen molar-refractivity contribution in [3.63, 3.8) is 0 Å². The second kappa shape index (κ2) is 5.38. The highest BCUT2D eigenvalue weighted by molar-refractivity contribution is 5.91. The molecule has 27 heavy (non-hydrogen) atoms. The summed E-state index contributed by atoms with van der Waals surface area (Å²) in [5, 5.41) is 3.27. The number of carbonyl (C=O) groups excluding carboxylic acids is 1. The van der Waals surface area contributed by atoms with Crippen LogP contribution in [0.1, 0.15) is 37.5 Å². The summed E-state index contributed by atoms with van der Waals surface area (Å²) in [6.45, 7) is 6.90. The highest BCUT2D eigenvalue weighted by Crippen LogP contribution is 2.52. The average molecular weight is 360 g/mol. The van der Waals surface area contributed by atoms with Crippen molar-refractivity contribution in [1.82, 2.24) is 5.32 Å². The summed E-state index contributed by atoms with van der Waals surface area (Å²) < 4.78 is 5.81. The monoisotopic (exact) mass is 360 g/mol. The molecule has 3 aliphatic rings. The van der Waals surface area contributed by atoms with E-state index in [-0.39, 0.29) is 17.4 Å². The number of rotatable bonds is 2. The molecule has 2 aromatic rings. The molecule has 4 nitrogen and oxygen atoms in total. The molecule has 0 saturated carbocycles. The molecule has 0 aromatic heterocycles. The fraction of sp³-hybridized carbons (Fsp3) is 0.348. The second-order valence-corrected chi connectivity index (χ2v) is 8.38. The normalized spacial score (nSPS) is 27.3. The predicted molar refractivity (Wildman–Crippen MR) is 107 cm³/mol. The Bertz CT molecular complexity index is 978. The maximum absolute atomic E-state index is 12.4. The molecular formula is C23H24N2O2. The Kier molecular flexibility index (Phi) is 3.27. The van der Waals surface area contributed by atoms with Crippen LogP contribution in [0.15, 0.2) is 48.5 Å². The van der Waals surface area contributed by atoms with Gasteiger partial charge in [0.05, 0.1) is 6.54 Å². The van der Waals surface area contributed by atoms with Gasteiger partial charge in [0.25, 0.3) is 0 Å². The molecule has 5 rings (SSSR count). The highest BCUT2D eigenvalue weighted by Gasteiger charge is 2.59. The van der Waals surface area contributed by atoms with Gasteiger partial charge in [-0.05, 0) is 47.9 Å². The van der Waals surface area contributed by atoms with E-state index in [1.165, 1.54) is 11.1 Å². The molecule has 3 aliphatic heterocycles. The van der Waals surface area contributed by atoms with E-state index < -0.39 is 5.66 Å². The Labute approximate surface area is 159 Å². The number of para-hydroxylation sites is 1. The zero-order valence-electron chi connectivity index (χ0n) is 16.0. The lowest BCUT2D eigenvalue weighted by molar-refractivity contribution is -0.118. The van der Waals surface area contributed by atoms with Crippen molar-refractivity contribution in [3.8, 4) is 5.75 Å². The lowest BCUT2D eigenvalue weighted by Gasteiger charge is -2.40. The van der Waals surface area contributed by atoms with Crippen LogP contribution in [0.25, 0.3) is 6.08 Å². The number of ether oxygens (including phenoxy) is 1. The molecule has 138 valence electrons. The predicted octanol–water partition coefficient (Wildman–Crippen LogP) is 3.65. The summed E-state index contributed by atoms with van der Waals surface area (Å²) in [7, 11) is 0. The number of benzene rings is 2. The fourth-order valence-electron chi connectivity index (χ4n) is 4.90. The van der Waals surface area contributed by atoms with Crippen molar-refractivity contribution in [3.05, 3.63) is 65.2 Å². The third-order valence-electron chi connectivity index (χ3n) is 6.32. The molecule has 1 N–H and O–H groups in total. The van der Waals surface area contributed by atoms with E-state index in [4.69, 9.17) is 4.74 Å². The molecule has 0 bridgehead atoms. The molecule has 0 radical (unpaired) electrons. The third-order valence-corrected chi connectivity index (χ3v) is 6.32. The van der Waals surface area contributed by atoms with E-state index in [2.05, 4.69) is 79.5 Å². The van der Waals surface area contributed by atoms with Gasteiger partial charge in [-0.15, -0.1) is 0 Å². The number of nitrogens with zero attached hydrogens (tertiary/aromatic N) is 1. The molecule has 1 fully saturated rings. The Morgan fingerprint density at radius 3 is 2.89 bits per heavy atom. The van der Waals surface area contributed by atoms with Crippen LogP contribution >= 0.6 is 0 Å². The molecular weight excluding hydrogens is 336 g/mol. The van der Waals surface area contributed by atoms with Crippen molar-refractivity contribution in [2.45, 2.75) is 44.4 Å². The van der Waals surface area contributed by atoms with E-state index in [0.29, 0.717) is 6.54 Å². The third kappa shape index (κ3) is 2.19. The van der Waals surface area contributed by atoms with Crippen LogP contribution < -0.4 is 15.0 Å². The van der Waals surface area contributed by atoms with E-state index in [1.54, 1.807) is 0 Å². The van der Waals surface area contributed by atoms with Crippen LogP contribution in [0.4, 0.5) is 5.69 Å². The van der Waals surface area contributed by atoms with Crippen LogP contribution in [0.5, 0.6) is 5.75 Å². The quantitative estimate of drug-likeness (QED) is 0.889. The van der Waals surface area contributed by atoms with Gasteiger partial charge in [0.15, 0.2) is 0 Å². The maximum atomic E-state index is 12.4. The fourth-order valence-corrected chi connectivity index (χ4v) is 4.90. The van der Waals surface area contributed by atoms with Gasteiger partial charge in [0.2, 0.25) is 5.91 Å². The van der Waals surface area contributed by atoms with Crippen molar-refractivity contribution >= 4 is 17.7 Å². The van der Waals surface area contributed by atoms with Crippen molar-refractivity contribution in [2.75, 3.05) is 11.4 Å². The lowest BCUT2D eigenvalue weighted by Crippen LogP contribution is -2.58. The van der Waals surface area contributed by atoms with Gasteiger partial charge < -0.3 is 15.0 Å². The minimum Gasteiger partial charge on any atom is -0.490 e. The zero-order chi connectivity index (χ0) is 18.8. The number of carbonyl (C=O) groups is 1. The number of anilines is 1. The first-order chi connectivity index (χ1) is 12.9. The summed E-state index contributed by atoms with van der Waals surface area (Å²) in [6, 6.07) is 14.7. The molecule has 2 unspecified atom stereocenters. The minimum atomic E-state index is -0.545. The number of fused-ring (bicyclic) bond motifs is 4. The average Bonchev–Trinajstić information content (AvgIpc) is 3.23. The van der Waals surface area contributed by atoms with Gasteiger partial charge in [-0.3, -0.25) is 4.79 Å². The first-order valence-corrected chi connectivity index (χ1v) is 9.58. The van der Waals surface area contributed by atoms with Crippen LogP contribution in [-0.2, 0) is 16.6 Å². The largest absolute Gasteiger partial charge is 0.490 e. The molecule has 1 amide bonds. The van der Waals surface area contributed by atoms with Crippen molar-refractivity contribution in [1.29, 1.82) is 0 Å². The first-order valence-electron chi connectivity index (χ1n) is 9.58. The number of nitrogens with one attached hydrogen (secondary N) is 1. The van der Waals surface area contributed by atoms with Crippen LogP contribution in [-0.4, -0.2) is 24.2 Å². The number of hydrogen-bond donors (Lipinski definition) is 1. The van der Waals surface area contributed by atoms with Crippen LogP contribution in [0, 0.1) is 0 Å². The molecule has 2 atom stereocenters. The van der Waals surface area contributed by atoms with Crippen LogP contribution in [0.2, 0.25) is 0 Å². The first kappa shape index (κ1) is 16.4. The lowest BCUT2D eigenvalue weighted by atomic mass is 9.75. The van der Waals surface area contributed by atoms with Gasteiger partial charge in [-0.25, -0.2) is 0 Å². The molecule has 2 aromatic carbocycles. The summed E-state index contributed by atoms with van der Waals surface area (Å²) in [6.07, 6.45) is 5.49. The van der Waals surface area contributed by atoms with Gasteiger partial charge >= 0.3 is 0 Å². The SMILES string of the molecule is CC1Cc2cc(/C=C/C34NC(=O)CN3c3ccccc3C4(C)C)ccc2O1. The summed E-state index contributed by atoms with van der Waals surface area (Å²) in [4.78, 5) is 14.6. The second-order valence-electron chi connectivity index (χ2n) is 8.38. The van der Waals surface area contributed by atoms with E-state index in [1.807, 2.05) is 6.07 Å². The summed E-state index contributed by atoms with van der Waals surface area (Å²) >= 11 is 0. The topological polar surface area (TPSA) is 41.6 Å². The Morgan fingerprint density at radius 2 is 2.04 bits per heavy atom. The summed E-state index contributed by atoms with van der Waals surface area (Å²) in [5.41, 5.74) is 4.02. The van der Waals surface area contributed by atoms with Crippen molar-refractivity contribution < 1.29 is 9.53 Å². The Balaban J connectivity index is 1.57. The molecule has 4 heteroatoms. The molecule has 0 aliphatic carbocycles. The van der Waals surface area contributed by atoms with E-state index in [9.17, 15) is 4.79 Å². The molecule has 3 heterocycles. The smallest absolute Gasteiger partial charge is 0.241 e. The van der Waals surface area contributed by atoms with E-state index in [0.717, 1.165) is 23.4 Å². The van der Waals surface area contributed by atoms with Gasteiger partial charge in [-0.1, -0.05) is 44.2 Å². The summed E-state index contributed by atoms with van der Waals surface area (Å²) in [5.74, 6) is 1.06. The van der Waals surface area contributed by atoms with Gasteiger partial charge in [0.1, 0.15) is 17.5 Å².